The number of hydrogen-bond acceptors (Lipinski definition) is 5. The predicted octanol–water partition coefficient (Wildman–Crippen LogP) is 1.40. The highest BCUT2D eigenvalue weighted by Gasteiger charge is 2.14. The summed E-state index contributed by atoms with van der Waals surface area (Å²) in [5.41, 5.74) is 0.656. The first-order chi connectivity index (χ1) is 8.81. The largest absolute Gasteiger partial charge is 0.511 e. The summed E-state index contributed by atoms with van der Waals surface area (Å²) in [6.07, 6.45) is -1.23. The van der Waals surface area contributed by atoms with Gasteiger partial charge in [-0.15, -0.1) is 0 Å². The maximum Gasteiger partial charge on any atom is 0.511 e. The van der Waals surface area contributed by atoms with Crippen LogP contribution in [0.2, 0.25) is 0 Å². The minimum atomic E-state index is -4.48. The monoisotopic (exact) mass is 292 g/mol. The number of rotatable bonds is 6. The van der Waals surface area contributed by atoms with Gasteiger partial charge in [-0.3, -0.25) is 4.52 Å². The van der Waals surface area contributed by atoms with Crippen molar-refractivity contribution in [3.8, 4) is 11.5 Å². The maximum atomic E-state index is 10.5. The van der Waals surface area contributed by atoms with Crippen LogP contribution in [-0.2, 0) is 15.5 Å². The minimum Gasteiger partial charge on any atom is -0.493 e. The van der Waals surface area contributed by atoms with Crippen molar-refractivity contribution in [2.75, 3.05) is 13.7 Å². The van der Waals surface area contributed by atoms with Gasteiger partial charge in [0.05, 0.1) is 13.7 Å². The molecule has 0 atom stereocenters. The first-order valence-electron chi connectivity index (χ1n) is 5.09. The van der Waals surface area contributed by atoms with Crippen LogP contribution in [0.1, 0.15) is 5.56 Å². The number of hydrogen-bond donors (Lipinski definition) is 3. The second kappa shape index (κ2) is 6.53. The van der Waals surface area contributed by atoms with Crippen LogP contribution in [0.25, 0.3) is 0 Å². The molecule has 0 bridgehead atoms. The van der Waals surface area contributed by atoms with Crippen LogP contribution < -0.4 is 9.47 Å². The normalized spacial score (nSPS) is 11.1. The lowest BCUT2D eigenvalue weighted by atomic mass is 10.1. The molecule has 0 unspecified atom stereocenters. The maximum absolute atomic E-state index is 10.5. The van der Waals surface area contributed by atoms with Gasteiger partial charge >= 0.3 is 14.0 Å². The van der Waals surface area contributed by atoms with Gasteiger partial charge in [0.2, 0.25) is 0 Å². The third kappa shape index (κ3) is 5.71. The number of ether oxygens (including phenoxy) is 2. The summed E-state index contributed by atoms with van der Waals surface area (Å²) in [5, 5.41) is 8.50. The van der Waals surface area contributed by atoms with E-state index in [4.69, 9.17) is 19.6 Å². The molecule has 8 nitrogen and oxygen atoms in total. The lowest BCUT2D eigenvalue weighted by Gasteiger charge is -2.09. The molecule has 0 saturated carbocycles. The van der Waals surface area contributed by atoms with E-state index in [1.165, 1.54) is 19.2 Å². The molecule has 0 radical (unpaired) electrons. The van der Waals surface area contributed by atoms with Gasteiger partial charge in [0.15, 0.2) is 11.5 Å². The van der Waals surface area contributed by atoms with Crippen LogP contribution in [0.3, 0.4) is 0 Å². The van der Waals surface area contributed by atoms with Gasteiger partial charge in [0.1, 0.15) is 0 Å². The summed E-state index contributed by atoms with van der Waals surface area (Å²) in [6.45, 7) is -0.174. The van der Waals surface area contributed by atoms with Gasteiger partial charge in [0.25, 0.3) is 0 Å². The SMILES string of the molecule is COc1cc(CCOP(=O)(O)O)ccc1OC(=O)O. The highest BCUT2D eigenvalue weighted by atomic mass is 31.2. The van der Waals surface area contributed by atoms with Crippen LogP contribution in [-0.4, -0.2) is 34.8 Å². The fraction of sp³-hybridized carbons (Fsp3) is 0.300. The van der Waals surface area contributed by atoms with Crippen LogP contribution in [0.4, 0.5) is 4.79 Å². The van der Waals surface area contributed by atoms with E-state index < -0.39 is 14.0 Å². The Morgan fingerprint density at radius 1 is 1.32 bits per heavy atom. The summed E-state index contributed by atoms with van der Waals surface area (Å²) in [7, 11) is -3.14. The molecule has 0 fully saturated rings. The molecule has 0 aliphatic heterocycles. The van der Waals surface area contributed by atoms with E-state index in [0.29, 0.717) is 5.56 Å². The molecule has 0 aromatic heterocycles. The highest BCUT2D eigenvalue weighted by Crippen LogP contribution is 2.36. The summed E-state index contributed by atoms with van der Waals surface area (Å²) in [5.74, 6) is 0.241. The zero-order valence-corrected chi connectivity index (χ0v) is 10.9. The van der Waals surface area contributed by atoms with Crippen LogP contribution >= 0.6 is 7.82 Å². The summed E-state index contributed by atoms with van der Waals surface area (Å²) >= 11 is 0. The Kier molecular flexibility index (Phi) is 5.31. The fourth-order valence-electron chi connectivity index (χ4n) is 1.33. The Morgan fingerprint density at radius 2 is 2.00 bits per heavy atom. The van der Waals surface area contributed by atoms with Crippen LogP contribution in [0, 0.1) is 0 Å². The minimum absolute atomic E-state index is 0.0367. The fourth-order valence-corrected chi connectivity index (χ4v) is 1.66. The number of carboxylic acid groups (broad SMARTS) is 1. The number of phosphoric acid groups is 1. The Hall–Kier alpha value is -1.60. The Balaban J connectivity index is 2.71. The molecule has 0 heterocycles. The Morgan fingerprint density at radius 3 is 2.53 bits per heavy atom. The second-order valence-electron chi connectivity index (χ2n) is 3.43. The van der Waals surface area contributed by atoms with Gasteiger partial charge in [-0.1, -0.05) is 6.07 Å². The molecular weight excluding hydrogens is 279 g/mol. The summed E-state index contributed by atoms with van der Waals surface area (Å²) in [6, 6.07) is 4.44. The first-order valence-corrected chi connectivity index (χ1v) is 6.62. The predicted molar refractivity (Wildman–Crippen MR) is 63.3 cm³/mol. The average Bonchev–Trinajstić information content (AvgIpc) is 2.28. The zero-order valence-electron chi connectivity index (χ0n) is 9.98. The molecular formula is C10H13O8P. The molecule has 0 aliphatic carbocycles. The van der Waals surface area contributed by atoms with E-state index >= 15 is 0 Å². The Bertz CT molecular complexity index is 494. The van der Waals surface area contributed by atoms with Gasteiger partial charge < -0.3 is 24.4 Å². The van der Waals surface area contributed by atoms with Crippen molar-refractivity contribution >= 4 is 14.0 Å². The smallest absolute Gasteiger partial charge is 0.493 e. The van der Waals surface area contributed by atoms with Gasteiger partial charge in [-0.25, -0.2) is 9.36 Å². The number of carbonyl (C=O) groups is 1. The molecule has 3 N–H and O–H groups in total. The third-order valence-electron chi connectivity index (χ3n) is 2.08. The standard InChI is InChI=1S/C10H13O8P/c1-16-9-6-7(4-5-17-19(13,14)15)2-3-8(9)18-10(11)12/h2-3,6H,4-5H2,1H3,(H,11,12)(H2,13,14,15). The quantitative estimate of drug-likeness (QED) is 0.408. The zero-order chi connectivity index (χ0) is 14.5. The Labute approximate surface area is 108 Å². The average molecular weight is 292 g/mol. The second-order valence-corrected chi connectivity index (χ2v) is 4.67. The number of phosphoric ester groups is 1. The molecule has 0 saturated heterocycles. The molecule has 1 aromatic carbocycles. The highest BCUT2D eigenvalue weighted by molar-refractivity contribution is 7.46. The van der Waals surface area contributed by atoms with E-state index in [-0.39, 0.29) is 24.5 Å². The topological polar surface area (TPSA) is 123 Å². The summed E-state index contributed by atoms with van der Waals surface area (Å²) in [4.78, 5) is 27.5. The van der Waals surface area contributed by atoms with E-state index in [0.717, 1.165) is 0 Å². The van der Waals surface area contributed by atoms with Crippen molar-refractivity contribution in [3.05, 3.63) is 23.8 Å². The number of benzene rings is 1. The lowest BCUT2D eigenvalue weighted by molar-refractivity contribution is 0.142. The van der Waals surface area contributed by atoms with Crippen LogP contribution in [0.15, 0.2) is 18.2 Å². The van der Waals surface area contributed by atoms with E-state index in [2.05, 4.69) is 9.26 Å². The van der Waals surface area contributed by atoms with Crippen molar-refractivity contribution in [1.29, 1.82) is 0 Å². The molecule has 1 aromatic rings. The van der Waals surface area contributed by atoms with Gasteiger partial charge in [-0.05, 0) is 24.1 Å². The van der Waals surface area contributed by atoms with Crippen LogP contribution in [0.5, 0.6) is 11.5 Å². The summed E-state index contributed by atoms with van der Waals surface area (Å²) < 4.78 is 24.2. The van der Waals surface area contributed by atoms with Crippen molar-refractivity contribution in [2.24, 2.45) is 0 Å². The third-order valence-corrected chi connectivity index (χ3v) is 2.59. The van der Waals surface area contributed by atoms with Crippen molar-refractivity contribution in [3.63, 3.8) is 0 Å². The van der Waals surface area contributed by atoms with Gasteiger partial charge in [-0.2, -0.15) is 0 Å². The van der Waals surface area contributed by atoms with Crippen molar-refractivity contribution < 1.29 is 38.3 Å². The molecule has 19 heavy (non-hydrogen) atoms. The molecule has 0 aliphatic rings. The van der Waals surface area contributed by atoms with Gasteiger partial charge in [0, 0.05) is 0 Å². The lowest BCUT2D eigenvalue weighted by Crippen LogP contribution is -2.05. The molecule has 0 spiro atoms. The first kappa shape index (κ1) is 15.5. The van der Waals surface area contributed by atoms with E-state index in [1.807, 2.05) is 0 Å². The van der Waals surface area contributed by atoms with E-state index in [1.54, 1.807) is 6.07 Å². The molecule has 106 valence electrons. The molecule has 1 rings (SSSR count). The van der Waals surface area contributed by atoms with Crippen molar-refractivity contribution in [2.45, 2.75) is 6.42 Å². The van der Waals surface area contributed by atoms with Crippen molar-refractivity contribution in [1.82, 2.24) is 0 Å². The number of methoxy groups -OCH3 is 1. The molecule has 9 heteroatoms. The molecule has 0 amide bonds. The van der Waals surface area contributed by atoms with E-state index in [9.17, 15) is 9.36 Å².